The van der Waals surface area contributed by atoms with Gasteiger partial charge in [-0.25, -0.2) is 4.79 Å². The zero-order valence-corrected chi connectivity index (χ0v) is 22.2. The molecule has 1 heterocycles. The van der Waals surface area contributed by atoms with Crippen molar-refractivity contribution >= 4 is 34.4 Å². The van der Waals surface area contributed by atoms with Gasteiger partial charge in [0.05, 0.1) is 7.11 Å². The lowest BCUT2D eigenvalue weighted by Crippen LogP contribution is -2.34. The van der Waals surface area contributed by atoms with Gasteiger partial charge in [-0.05, 0) is 59.5 Å². The van der Waals surface area contributed by atoms with Crippen molar-refractivity contribution in [1.82, 2.24) is 5.32 Å². The number of hydrogen-bond donors (Lipinski definition) is 1. The van der Waals surface area contributed by atoms with Gasteiger partial charge in [0.15, 0.2) is 11.8 Å². The number of esters is 1. The van der Waals surface area contributed by atoms with E-state index in [0.717, 1.165) is 22.1 Å². The quantitative estimate of drug-likeness (QED) is 0.210. The summed E-state index contributed by atoms with van der Waals surface area (Å²) in [6, 6.07) is 29.0. The van der Waals surface area contributed by atoms with E-state index in [9.17, 15) is 9.59 Å². The van der Waals surface area contributed by atoms with Crippen LogP contribution in [0.1, 0.15) is 33.3 Å². The van der Waals surface area contributed by atoms with Crippen LogP contribution in [0.5, 0.6) is 5.75 Å². The van der Waals surface area contributed by atoms with Crippen LogP contribution in [0, 0.1) is 6.92 Å². The Hall–Kier alpha value is -4.55. The largest absolute Gasteiger partial charge is 0.489 e. The predicted molar refractivity (Wildman–Crippen MR) is 151 cm³/mol. The number of aryl methyl sites for hydroxylation is 1. The number of carbonyl (C=O) groups is 2. The van der Waals surface area contributed by atoms with Crippen molar-refractivity contribution in [1.29, 1.82) is 0 Å². The lowest BCUT2D eigenvalue weighted by molar-refractivity contribution is -0.143. The van der Waals surface area contributed by atoms with Crippen LogP contribution in [0.3, 0.4) is 0 Å². The SMILES string of the molecule is COC(=O)[C@@H](NC(=O)c1oc2cc(-c3ccc(Cl)cc3)ccc2c1C)c1ccc(OCc2ccccc2)cc1. The van der Waals surface area contributed by atoms with E-state index in [1.165, 1.54) is 7.11 Å². The van der Waals surface area contributed by atoms with Gasteiger partial charge in [0.2, 0.25) is 0 Å². The molecule has 7 heteroatoms. The Bertz CT molecular complexity index is 1610. The summed E-state index contributed by atoms with van der Waals surface area (Å²) in [5.74, 6) is -0.339. The fourth-order valence-corrected chi connectivity index (χ4v) is 4.48. The highest BCUT2D eigenvalue weighted by molar-refractivity contribution is 6.30. The second-order valence-electron chi connectivity index (χ2n) is 9.05. The Morgan fingerprint density at radius 2 is 1.59 bits per heavy atom. The summed E-state index contributed by atoms with van der Waals surface area (Å²) in [5.41, 5.74) is 4.76. The van der Waals surface area contributed by atoms with E-state index in [0.29, 0.717) is 34.1 Å². The minimum atomic E-state index is -1.03. The molecule has 1 aromatic heterocycles. The molecule has 0 unspecified atom stereocenters. The molecule has 5 aromatic rings. The van der Waals surface area contributed by atoms with Gasteiger partial charge in [-0.1, -0.05) is 78.3 Å². The van der Waals surface area contributed by atoms with Crippen LogP contribution in [0.2, 0.25) is 5.02 Å². The second kappa shape index (κ2) is 11.5. The summed E-state index contributed by atoms with van der Waals surface area (Å²) in [7, 11) is 1.28. The molecular weight excluding hydrogens is 514 g/mol. The molecule has 0 saturated carbocycles. The van der Waals surface area contributed by atoms with Crippen LogP contribution < -0.4 is 10.1 Å². The van der Waals surface area contributed by atoms with Gasteiger partial charge in [-0.15, -0.1) is 0 Å². The summed E-state index contributed by atoms with van der Waals surface area (Å²) in [4.78, 5) is 26.0. The van der Waals surface area contributed by atoms with Crippen LogP contribution in [0.25, 0.3) is 22.1 Å². The van der Waals surface area contributed by atoms with E-state index in [-0.39, 0.29) is 5.76 Å². The molecule has 0 fully saturated rings. The van der Waals surface area contributed by atoms with Crippen LogP contribution in [-0.4, -0.2) is 19.0 Å². The molecule has 1 N–H and O–H groups in total. The van der Waals surface area contributed by atoms with Crippen molar-refractivity contribution in [2.75, 3.05) is 7.11 Å². The average molecular weight is 540 g/mol. The number of benzene rings is 4. The number of carbonyl (C=O) groups excluding carboxylic acids is 2. The Balaban J connectivity index is 1.35. The number of halogens is 1. The van der Waals surface area contributed by atoms with Gasteiger partial charge in [0.1, 0.15) is 17.9 Å². The van der Waals surface area contributed by atoms with Crippen molar-refractivity contribution in [3.63, 3.8) is 0 Å². The highest BCUT2D eigenvalue weighted by atomic mass is 35.5. The molecule has 196 valence electrons. The monoisotopic (exact) mass is 539 g/mol. The van der Waals surface area contributed by atoms with Crippen LogP contribution >= 0.6 is 11.6 Å². The van der Waals surface area contributed by atoms with Crippen LogP contribution in [0.15, 0.2) is 101 Å². The number of ether oxygens (including phenoxy) is 2. The maximum Gasteiger partial charge on any atom is 0.333 e. The number of hydrogen-bond acceptors (Lipinski definition) is 5. The van der Waals surface area contributed by atoms with Gasteiger partial charge < -0.3 is 19.2 Å². The molecule has 39 heavy (non-hydrogen) atoms. The number of fused-ring (bicyclic) bond motifs is 1. The topological polar surface area (TPSA) is 77.8 Å². The van der Waals surface area contributed by atoms with Crippen molar-refractivity contribution in [3.05, 3.63) is 125 Å². The van der Waals surface area contributed by atoms with Crippen LogP contribution in [0.4, 0.5) is 0 Å². The zero-order valence-electron chi connectivity index (χ0n) is 21.4. The van der Waals surface area contributed by atoms with Crippen molar-refractivity contribution in [2.24, 2.45) is 0 Å². The van der Waals surface area contributed by atoms with Gasteiger partial charge >= 0.3 is 5.97 Å². The summed E-state index contributed by atoms with van der Waals surface area (Å²) < 4.78 is 16.8. The van der Waals surface area contributed by atoms with Crippen LogP contribution in [-0.2, 0) is 16.1 Å². The molecule has 5 rings (SSSR count). The minimum absolute atomic E-state index is 0.134. The first-order chi connectivity index (χ1) is 18.9. The Morgan fingerprint density at radius 3 is 2.28 bits per heavy atom. The Kier molecular flexibility index (Phi) is 7.66. The first kappa shape index (κ1) is 26.1. The summed E-state index contributed by atoms with van der Waals surface area (Å²) in [6.45, 7) is 2.23. The molecule has 1 atom stereocenters. The molecule has 0 aliphatic heterocycles. The van der Waals surface area contributed by atoms with Crippen molar-refractivity contribution in [3.8, 4) is 16.9 Å². The lowest BCUT2D eigenvalue weighted by atomic mass is 10.0. The minimum Gasteiger partial charge on any atom is -0.489 e. The number of nitrogens with one attached hydrogen (secondary N) is 1. The van der Waals surface area contributed by atoms with Gasteiger partial charge in [0, 0.05) is 16.0 Å². The smallest absolute Gasteiger partial charge is 0.333 e. The summed E-state index contributed by atoms with van der Waals surface area (Å²) in [5, 5.41) is 4.24. The molecule has 0 aliphatic rings. The van der Waals surface area contributed by atoms with E-state index in [1.807, 2.05) is 79.7 Å². The van der Waals surface area contributed by atoms with Crippen molar-refractivity contribution in [2.45, 2.75) is 19.6 Å². The molecule has 6 nitrogen and oxygen atoms in total. The first-order valence-electron chi connectivity index (χ1n) is 12.4. The maximum absolute atomic E-state index is 13.3. The van der Waals surface area contributed by atoms with E-state index >= 15 is 0 Å². The molecule has 4 aromatic carbocycles. The van der Waals surface area contributed by atoms with E-state index < -0.39 is 17.9 Å². The predicted octanol–water partition coefficient (Wildman–Crippen LogP) is 7.28. The highest BCUT2D eigenvalue weighted by Gasteiger charge is 2.27. The van der Waals surface area contributed by atoms with E-state index in [4.69, 9.17) is 25.5 Å². The normalized spacial score (nSPS) is 11.7. The van der Waals surface area contributed by atoms with E-state index in [2.05, 4.69) is 5.32 Å². The standard InChI is InChI=1S/C32H26ClNO5/c1-20-27-17-12-24(22-8-13-25(33)14-9-22)18-28(27)39-30(20)31(35)34-29(32(36)37-2)23-10-15-26(16-11-23)38-19-21-6-4-3-5-7-21/h3-18,29H,19H2,1-2H3,(H,34,35)/t29-/m0/s1. The van der Waals surface area contributed by atoms with E-state index in [1.54, 1.807) is 24.3 Å². The number of furan rings is 1. The third-order valence-corrected chi connectivity index (χ3v) is 6.75. The second-order valence-corrected chi connectivity index (χ2v) is 9.48. The lowest BCUT2D eigenvalue weighted by Gasteiger charge is -2.17. The third-order valence-electron chi connectivity index (χ3n) is 6.50. The summed E-state index contributed by atoms with van der Waals surface area (Å²) in [6.07, 6.45) is 0. The van der Waals surface area contributed by atoms with Gasteiger partial charge in [-0.3, -0.25) is 4.79 Å². The molecule has 0 spiro atoms. The molecule has 0 saturated heterocycles. The fourth-order valence-electron chi connectivity index (χ4n) is 4.35. The maximum atomic E-state index is 13.3. The summed E-state index contributed by atoms with van der Waals surface area (Å²) >= 11 is 6.01. The Labute approximate surface area is 231 Å². The zero-order chi connectivity index (χ0) is 27.4. The molecule has 1 amide bonds. The molecule has 0 aliphatic carbocycles. The molecular formula is C32H26ClNO5. The van der Waals surface area contributed by atoms with Gasteiger partial charge in [-0.2, -0.15) is 0 Å². The number of rotatable bonds is 8. The molecule has 0 bridgehead atoms. The van der Waals surface area contributed by atoms with Gasteiger partial charge in [0.25, 0.3) is 5.91 Å². The fraction of sp³-hybridized carbons (Fsp3) is 0.125. The number of amides is 1. The molecule has 0 radical (unpaired) electrons. The number of methoxy groups -OCH3 is 1. The Morgan fingerprint density at radius 1 is 0.897 bits per heavy atom. The van der Waals surface area contributed by atoms with Crippen molar-refractivity contribution < 1.29 is 23.5 Å². The third kappa shape index (κ3) is 5.81. The highest BCUT2D eigenvalue weighted by Crippen LogP contribution is 2.31. The first-order valence-corrected chi connectivity index (χ1v) is 12.7. The average Bonchev–Trinajstić information content (AvgIpc) is 3.31.